The number of aryl methyl sites for hydroxylation is 2. The Bertz CT molecular complexity index is 1620. The SMILES string of the molecule is CC(=O)N1C[C@H](C)N(c2nc(-c3cccc4[nH]cc(C)c34)nc3c2CN(c2cc(C(C)C)ccc2C)CC3)C[C@H]1C. The Kier molecular flexibility index (Phi) is 7.00. The molecule has 4 heterocycles. The average Bonchev–Trinajstić information content (AvgIpc) is 3.34. The monoisotopic (exact) mass is 550 g/mol. The fourth-order valence-electron chi connectivity index (χ4n) is 6.69. The second-order valence-corrected chi connectivity index (χ2v) is 12.4. The van der Waals surface area contributed by atoms with Gasteiger partial charge in [-0.2, -0.15) is 0 Å². The molecule has 0 saturated carbocycles. The van der Waals surface area contributed by atoms with Crippen LogP contribution in [0.5, 0.6) is 0 Å². The number of nitrogens with one attached hydrogen (secondary N) is 1. The second kappa shape index (κ2) is 10.5. The number of piperazine rings is 1. The largest absolute Gasteiger partial charge is 0.366 e. The molecule has 0 aliphatic carbocycles. The second-order valence-electron chi connectivity index (χ2n) is 12.4. The number of carbonyl (C=O) groups is 1. The van der Waals surface area contributed by atoms with Gasteiger partial charge in [0, 0.05) is 85.5 Å². The highest BCUT2D eigenvalue weighted by Crippen LogP contribution is 2.37. The molecule has 7 nitrogen and oxygen atoms in total. The van der Waals surface area contributed by atoms with Crippen LogP contribution in [0, 0.1) is 13.8 Å². The Hall–Kier alpha value is -3.87. The topological polar surface area (TPSA) is 68.4 Å². The van der Waals surface area contributed by atoms with Gasteiger partial charge in [0.15, 0.2) is 5.82 Å². The Morgan fingerprint density at radius 1 is 1.02 bits per heavy atom. The molecule has 1 N–H and O–H groups in total. The molecular formula is C34H42N6O. The summed E-state index contributed by atoms with van der Waals surface area (Å²) in [7, 11) is 0. The third kappa shape index (κ3) is 4.85. The van der Waals surface area contributed by atoms with Crippen molar-refractivity contribution < 1.29 is 4.79 Å². The molecule has 7 heteroatoms. The molecular weight excluding hydrogens is 508 g/mol. The molecule has 0 spiro atoms. The zero-order valence-electron chi connectivity index (χ0n) is 25.5. The molecule has 0 radical (unpaired) electrons. The quantitative estimate of drug-likeness (QED) is 0.320. The van der Waals surface area contributed by atoms with Crippen LogP contribution < -0.4 is 9.80 Å². The minimum Gasteiger partial charge on any atom is -0.366 e. The van der Waals surface area contributed by atoms with E-state index in [1.54, 1.807) is 6.92 Å². The summed E-state index contributed by atoms with van der Waals surface area (Å²) in [6.07, 6.45) is 2.92. The van der Waals surface area contributed by atoms with Crippen molar-refractivity contribution in [2.75, 3.05) is 29.4 Å². The maximum atomic E-state index is 12.4. The van der Waals surface area contributed by atoms with Crippen LogP contribution in [0.2, 0.25) is 0 Å². The summed E-state index contributed by atoms with van der Waals surface area (Å²) in [6.45, 7) is 18.0. The van der Waals surface area contributed by atoms with Crippen LogP contribution in [0.3, 0.4) is 0 Å². The van der Waals surface area contributed by atoms with Crippen molar-refractivity contribution in [3.8, 4) is 11.4 Å². The van der Waals surface area contributed by atoms with E-state index >= 15 is 0 Å². The number of amides is 1. The Morgan fingerprint density at radius 2 is 1.83 bits per heavy atom. The standard InChI is InChI=1S/C34H42N6O/c1-20(2)26-12-11-21(3)31(15-26)38-14-13-29-28(19-38)34(40-18-23(5)39(25(7)41)17-24(40)6)37-33(36-29)27-9-8-10-30-32(27)22(4)16-35-30/h8-12,15-16,20,23-24,35H,13-14,17-19H2,1-7H3/t23-,24+/m1/s1. The normalized spacial score (nSPS) is 19.3. The fourth-order valence-corrected chi connectivity index (χ4v) is 6.69. The van der Waals surface area contributed by atoms with E-state index in [2.05, 4.69) is 98.9 Å². The first-order valence-corrected chi connectivity index (χ1v) is 15.0. The smallest absolute Gasteiger partial charge is 0.219 e. The van der Waals surface area contributed by atoms with Crippen molar-refractivity contribution in [2.45, 2.75) is 79.4 Å². The van der Waals surface area contributed by atoms with E-state index in [0.717, 1.165) is 54.5 Å². The molecule has 2 aromatic heterocycles. The van der Waals surface area contributed by atoms with E-state index in [9.17, 15) is 4.79 Å². The first-order valence-electron chi connectivity index (χ1n) is 15.0. The molecule has 2 aliphatic rings. The Morgan fingerprint density at radius 3 is 2.59 bits per heavy atom. The van der Waals surface area contributed by atoms with Crippen molar-refractivity contribution in [3.05, 3.63) is 70.5 Å². The third-order valence-electron chi connectivity index (χ3n) is 9.09. The first-order chi connectivity index (χ1) is 19.6. The lowest BCUT2D eigenvalue weighted by atomic mass is 9.97. The summed E-state index contributed by atoms with van der Waals surface area (Å²) in [6, 6.07) is 13.5. The van der Waals surface area contributed by atoms with E-state index in [0.29, 0.717) is 12.5 Å². The Balaban J connectivity index is 1.48. The maximum absolute atomic E-state index is 12.4. The summed E-state index contributed by atoms with van der Waals surface area (Å²) >= 11 is 0. The van der Waals surface area contributed by atoms with Crippen LogP contribution >= 0.6 is 0 Å². The van der Waals surface area contributed by atoms with Crippen molar-refractivity contribution in [1.29, 1.82) is 0 Å². The van der Waals surface area contributed by atoms with Gasteiger partial charge in [-0.1, -0.05) is 38.1 Å². The number of hydrogen-bond donors (Lipinski definition) is 1. The summed E-state index contributed by atoms with van der Waals surface area (Å²) in [5, 5.41) is 1.18. The number of H-pyrrole nitrogens is 1. The molecule has 41 heavy (non-hydrogen) atoms. The number of aromatic amines is 1. The number of nitrogens with zero attached hydrogens (tertiary/aromatic N) is 5. The van der Waals surface area contributed by atoms with Gasteiger partial charge >= 0.3 is 0 Å². The third-order valence-corrected chi connectivity index (χ3v) is 9.09. The van der Waals surface area contributed by atoms with Gasteiger partial charge in [0.05, 0.1) is 5.69 Å². The van der Waals surface area contributed by atoms with Gasteiger partial charge in [-0.05, 0) is 62.4 Å². The summed E-state index contributed by atoms with van der Waals surface area (Å²) in [4.78, 5) is 33.3. The molecule has 1 fully saturated rings. The van der Waals surface area contributed by atoms with Crippen LogP contribution in [0.1, 0.15) is 68.5 Å². The van der Waals surface area contributed by atoms with E-state index in [1.165, 1.54) is 33.3 Å². The highest BCUT2D eigenvalue weighted by atomic mass is 16.2. The molecule has 2 atom stereocenters. The van der Waals surface area contributed by atoms with Gasteiger partial charge in [-0.3, -0.25) is 4.79 Å². The van der Waals surface area contributed by atoms with Gasteiger partial charge in [-0.15, -0.1) is 0 Å². The van der Waals surface area contributed by atoms with E-state index in [1.807, 2.05) is 4.90 Å². The number of anilines is 2. The first kappa shape index (κ1) is 27.3. The number of aromatic nitrogens is 3. The van der Waals surface area contributed by atoms with Crippen LogP contribution in [0.15, 0.2) is 42.6 Å². The van der Waals surface area contributed by atoms with Gasteiger partial charge in [0.2, 0.25) is 5.91 Å². The maximum Gasteiger partial charge on any atom is 0.219 e. The minimum atomic E-state index is 0.109. The molecule has 6 rings (SSSR count). The molecule has 2 aromatic carbocycles. The predicted octanol–water partition coefficient (Wildman–Crippen LogP) is 6.37. The van der Waals surface area contributed by atoms with Crippen molar-refractivity contribution in [3.63, 3.8) is 0 Å². The van der Waals surface area contributed by atoms with E-state index < -0.39 is 0 Å². The lowest BCUT2D eigenvalue weighted by Crippen LogP contribution is -2.58. The highest BCUT2D eigenvalue weighted by Gasteiger charge is 2.35. The zero-order valence-corrected chi connectivity index (χ0v) is 25.5. The molecule has 1 amide bonds. The predicted molar refractivity (Wildman–Crippen MR) is 168 cm³/mol. The number of rotatable bonds is 4. The average molecular weight is 551 g/mol. The van der Waals surface area contributed by atoms with Crippen LogP contribution in [0.4, 0.5) is 11.5 Å². The summed E-state index contributed by atoms with van der Waals surface area (Å²) in [5.74, 6) is 2.41. The number of fused-ring (bicyclic) bond motifs is 2. The van der Waals surface area contributed by atoms with Gasteiger partial charge in [0.25, 0.3) is 0 Å². The summed E-state index contributed by atoms with van der Waals surface area (Å²) < 4.78 is 0. The van der Waals surface area contributed by atoms with Gasteiger partial charge < -0.3 is 19.7 Å². The molecule has 1 saturated heterocycles. The lowest BCUT2D eigenvalue weighted by molar-refractivity contribution is -0.131. The summed E-state index contributed by atoms with van der Waals surface area (Å²) in [5.41, 5.74) is 9.67. The lowest BCUT2D eigenvalue weighted by Gasteiger charge is -2.45. The molecule has 0 bridgehead atoms. The molecule has 0 unspecified atom stereocenters. The minimum absolute atomic E-state index is 0.109. The highest BCUT2D eigenvalue weighted by molar-refractivity contribution is 5.96. The van der Waals surface area contributed by atoms with Crippen LogP contribution in [0.25, 0.3) is 22.3 Å². The molecule has 2 aliphatic heterocycles. The van der Waals surface area contributed by atoms with Crippen molar-refractivity contribution in [2.24, 2.45) is 0 Å². The molecule has 4 aromatic rings. The van der Waals surface area contributed by atoms with E-state index in [4.69, 9.17) is 9.97 Å². The number of hydrogen-bond acceptors (Lipinski definition) is 5. The van der Waals surface area contributed by atoms with Crippen molar-refractivity contribution in [1.82, 2.24) is 19.9 Å². The molecule has 214 valence electrons. The van der Waals surface area contributed by atoms with Gasteiger partial charge in [-0.25, -0.2) is 9.97 Å². The van der Waals surface area contributed by atoms with Crippen LogP contribution in [-0.4, -0.2) is 57.5 Å². The number of benzene rings is 2. The van der Waals surface area contributed by atoms with Crippen LogP contribution in [-0.2, 0) is 17.8 Å². The van der Waals surface area contributed by atoms with Gasteiger partial charge in [0.1, 0.15) is 5.82 Å². The van der Waals surface area contributed by atoms with Crippen molar-refractivity contribution >= 4 is 28.3 Å². The van der Waals surface area contributed by atoms with E-state index in [-0.39, 0.29) is 18.0 Å². The fraction of sp³-hybridized carbons (Fsp3) is 0.441. The Labute approximate surface area is 243 Å². The zero-order chi connectivity index (χ0) is 29.0. The number of carbonyl (C=O) groups excluding carboxylic acids is 1.